The van der Waals surface area contributed by atoms with Gasteiger partial charge in [0.2, 0.25) is 5.78 Å². The lowest BCUT2D eigenvalue weighted by Crippen LogP contribution is -2.18. The highest BCUT2D eigenvalue weighted by molar-refractivity contribution is 14.1. The second-order valence-corrected chi connectivity index (χ2v) is 4.20. The highest BCUT2D eigenvalue weighted by atomic mass is 127. The van der Waals surface area contributed by atoms with E-state index in [1.54, 1.807) is 6.08 Å². The highest BCUT2D eigenvalue weighted by Crippen LogP contribution is 2.31. The van der Waals surface area contributed by atoms with Gasteiger partial charge >= 0.3 is 0 Å². The van der Waals surface area contributed by atoms with Crippen molar-refractivity contribution in [2.75, 3.05) is 0 Å². The average Bonchev–Trinajstić information content (AvgIpc) is 2.31. The number of hydrogen-bond donors (Lipinski definition) is 1. The molecular formula is C8H6INO2. The minimum atomic E-state index is -0.467. The number of fused-ring (bicyclic) bond motifs is 1. The van der Waals surface area contributed by atoms with Crippen LogP contribution in [0.1, 0.15) is 6.42 Å². The largest absolute Gasteiger partial charge is 0.322 e. The molecule has 0 spiro atoms. The summed E-state index contributed by atoms with van der Waals surface area (Å²) in [6.07, 6.45) is 4.40. The molecule has 4 heteroatoms. The molecule has 0 radical (unpaired) electrons. The van der Waals surface area contributed by atoms with Gasteiger partial charge in [0.15, 0.2) is 0 Å². The smallest absolute Gasteiger partial charge is 0.292 e. The van der Waals surface area contributed by atoms with Gasteiger partial charge in [0.05, 0.1) is 5.92 Å². The summed E-state index contributed by atoms with van der Waals surface area (Å²) >= 11 is 2.18. The summed E-state index contributed by atoms with van der Waals surface area (Å²) in [5, 5.41) is 2.55. The zero-order valence-corrected chi connectivity index (χ0v) is 8.29. The lowest BCUT2D eigenvalue weighted by molar-refractivity contribution is -0.136. The van der Waals surface area contributed by atoms with E-state index in [-0.39, 0.29) is 11.7 Å². The van der Waals surface area contributed by atoms with Crippen LogP contribution in [0.2, 0.25) is 0 Å². The number of amides is 1. The number of nitrogens with one attached hydrogen (secondary N) is 1. The highest BCUT2D eigenvalue weighted by Gasteiger charge is 2.37. The van der Waals surface area contributed by atoms with Crippen LogP contribution in [0.3, 0.4) is 0 Å². The zero-order valence-electron chi connectivity index (χ0n) is 6.13. The Morgan fingerprint density at radius 1 is 1.42 bits per heavy atom. The van der Waals surface area contributed by atoms with Crippen molar-refractivity contribution in [3.05, 3.63) is 21.4 Å². The molecule has 1 saturated heterocycles. The predicted octanol–water partition coefficient (Wildman–Crippen LogP) is 0.908. The Labute approximate surface area is 83.0 Å². The second kappa shape index (κ2) is 2.69. The van der Waals surface area contributed by atoms with Gasteiger partial charge in [-0.25, -0.2) is 0 Å². The molecule has 0 aromatic heterocycles. The molecular weight excluding hydrogens is 269 g/mol. The third-order valence-corrected chi connectivity index (χ3v) is 2.82. The van der Waals surface area contributed by atoms with Crippen molar-refractivity contribution >= 4 is 34.3 Å². The van der Waals surface area contributed by atoms with Gasteiger partial charge < -0.3 is 5.32 Å². The number of carbonyl (C=O) groups excluding carboxylic acids is 2. The molecule has 2 rings (SSSR count). The van der Waals surface area contributed by atoms with E-state index >= 15 is 0 Å². The van der Waals surface area contributed by atoms with E-state index in [1.165, 1.54) is 0 Å². The number of rotatable bonds is 0. The first-order valence-electron chi connectivity index (χ1n) is 3.60. The molecule has 1 atom stereocenters. The average molecular weight is 275 g/mol. The van der Waals surface area contributed by atoms with Crippen LogP contribution in [-0.4, -0.2) is 11.7 Å². The van der Waals surface area contributed by atoms with Crippen LogP contribution >= 0.6 is 22.6 Å². The van der Waals surface area contributed by atoms with Crippen molar-refractivity contribution in [1.82, 2.24) is 5.32 Å². The van der Waals surface area contributed by atoms with E-state index in [1.807, 2.05) is 6.08 Å². The van der Waals surface area contributed by atoms with Crippen molar-refractivity contribution in [3.8, 4) is 0 Å². The standard InChI is InChI=1S/C8H6INO2/c9-4-1-2-6-5(3-4)7(11)8(12)10-6/h1-2,5H,3H2,(H,10,12). The van der Waals surface area contributed by atoms with Crippen LogP contribution in [0, 0.1) is 5.92 Å². The van der Waals surface area contributed by atoms with Crippen LogP contribution in [-0.2, 0) is 9.59 Å². The molecule has 1 amide bonds. The maximum Gasteiger partial charge on any atom is 0.292 e. The number of ketones is 1. The Bertz CT molecular complexity index is 330. The summed E-state index contributed by atoms with van der Waals surface area (Å²) in [7, 11) is 0. The Balaban J connectivity index is 2.36. The molecule has 0 aromatic rings. The van der Waals surface area contributed by atoms with Crippen LogP contribution < -0.4 is 5.32 Å². The molecule has 1 fully saturated rings. The molecule has 62 valence electrons. The van der Waals surface area contributed by atoms with Gasteiger partial charge in [0.25, 0.3) is 5.91 Å². The van der Waals surface area contributed by atoms with Crippen molar-refractivity contribution in [2.45, 2.75) is 6.42 Å². The second-order valence-electron chi connectivity index (χ2n) is 2.81. The monoisotopic (exact) mass is 275 g/mol. The van der Waals surface area contributed by atoms with E-state index < -0.39 is 5.91 Å². The van der Waals surface area contributed by atoms with Crippen LogP contribution in [0.4, 0.5) is 0 Å². The molecule has 0 bridgehead atoms. The Hall–Kier alpha value is -0.650. The molecule has 0 aromatic carbocycles. The quantitative estimate of drug-likeness (QED) is 0.527. The molecule has 0 saturated carbocycles. The van der Waals surface area contributed by atoms with E-state index in [4.69, 9.17) is 0 Å². The van der Waals surface area contributed by atoms with E-state index in [9.17, 15) is 9.59 Å². The van der Waals surface area contributed by atoms with Gasteiger partial charge in [-0.1, -0.05) is 6.08 Å². The molecule has 12 heavy (non-hydrogen) atoms. The van der Waals surface area contributed by atoms with E-state index in [0.717, 1.165) is 9.28 Å². The van der Waals surface area contributed by atoms with Crippen LogP contribution in [0.25, 0.3) is 0 Å². The normalized spacial score (nSPS) is 27.6. The van der Waals surface area contributed by atoms with Crippen molar-refractivity contribution in [3.63, 3.8) is 0 Å². The number of carbonyl (C=O) groups is 2. The molecule has 1 unspecified atom stereocenters. The number of Topliss-reactive ketones (excluding diaryl/α,β-unsaturated/α-hetero) is 1. The fourth-order valence-electron chi connectivity index (χ4n) is 1.38. The molecule has 1 aliphatic heterocycles. The third-order valence-electron chi connectivity index (χ3n) is 2.02. The fraction of sp³-hybridized carbons (Fsp3) is 0.250. The lowest BCUT2D eigenvalue weighted by atomic mass is 9.96. The lowest BCUT2D eigenvalue weighted by Gasteiger charge is -2.11. The summed E-state index contributed by atoms with van der Waals surface area (Å²) in [5.74, 6) is -0.997. The van der Waals surface area contributed by atoms with Crippen molar-refractivity contribution in [2.24, 2.45) is 5.92 Å². The Kier molecular flexibility index (Phi) is 1.79. The van der Waals surface area contributed by atoms with Gasteiger partial charge in [-0.3, -0.25) is 9.59 Å². The molecule has 2 aliphatic rings. The van der Waals surface area contributed by atoms with E-state index in [2.05, 4.69) is 27.9 Å². The number of allylic oxidation sites excluding steroid dienone is 4. The van der Waals surface area contributed by atoms with Gasteiger partial charge in [0, 0.05) is 5.70 Å². The zero-order chi connectivity index (χ0) is 8.72. The van der Waals surface area contributed by atoms with Crippen LogP contribution in [0.5, 0.6) is 0 Å². The maximum absolute atomic E-state index is 11.2. The minimum absolute atomic E-state index is 0.227. The summed E-state index contributed by atoms with van der Waals surface area (Å²) in [6.45, 7) is 0. The van der Waals surface area contributed by atoms with Crippen LogP contribution in [0.15, 0.2) is 21.4 Å². The van der Waals surface area contributed by atoms with Gasteiger partial charge in [-0.2, -0.15) is 0 Å². The third kappa shape index (κ3) is 1.10. The first-order valence-corrected chi connectivity index (χ1v) is 4.68. The van der Waals surface area contributed by atoms with Gasteiger partial charge in [-0.15, -0.1) is 0 Å². The minimum Gasteiger partial charge on any atom is -0.322 e. The molecule has 1 N–H and O–H groups in total. The fourth-order valence-corrected chi connectivity index (χ4v) is 2.00. The molecule has 1 heterocycles. The number of hydrogen-bond acceptors (Lipinski definition) is 2. The predicted molar refractivity (Wildman–Crippen MR) is 51.4 cm³/mol. The van der Waals surface area contributed by atoms with E-state index in [0.29, 0.717) is 6.42 Å². The maximum atomic E-state index is 11.2. The Morgan fingerprint density at radius 3 is 2.92 bits per heavy atom. The SMILES string of the molecule is O=C1NC2=CC=C(I)CC2C1=O. The summed E-state index contributed by atoms with van der Waals surface area (Å²) in [4.78, 5) is 22.1. The van der Waals surface area contributed by atoms with Crippen molar-refractivity contribution in [1.29, 1.82) is 0 Å². The van der Waals surface area contributed by atoms with Gasteiger partial charge in [-0.05, 0) is 38.7 Å². The van der Waals surface area contributed by atoms with Gasteiger partial charge in [0.1, 0.15) is 0 Å². The molecule has 3 nitrogen and oxygen atoms in total. The summed E-state index contributed by atoms with van der Waals surface area (Å²) < 4.78 is 1.12. The molecule has 1 aliphatic carbocycles. The number of halogens is 1. The first-order chi connectivity index (χ1) is 5.68. The first kappa shape index (κ1) is 7.97. The summed E-state index contributed by atoms with van der Waals surface area (Å²) in [5.41, 5.74) is 0.755. The Morgan fingerprint density at radius 2 is 2.17 bits per heavy atom. The van der Waals surface area contributed by atoms with Crippen molar-refractivity contribution < 1.29 is 9.59 Å². The summed E-state index contributed by atoms with van der Waals surface area (Å²) in [6, 6.07) is 0. The topological polar surface area (TPSA) is 46.2 Å².